The van der Waals surface area contributed by atoms with Crippen LogP contribution >= 0.6 is 0 Å². The van der Waals surface area contributed by atoms with E-state index in [1.807, 2.05) is 6.07 Å². The molecular weight excluding hydrogens is 448 g/mol. The van der Waals surface area contributed by atoms with E-state index in [1.165, 1.54) is 10.8 Å². The number of rotatable bonds is 9. The quantitative estimate of drug-likeness (QED) is 0.316. The molecule has 0 saturated carbocycles. The van der Waals surface area contributed by atoms with Crippen molar-refractivity contribution in [1.29, 1.82) is 0 Å². The van der Waals surface area contributed by atoms with Gasteiger partial charge in [-0.1, -0.05) is 83.2 Å². The molecule has 0 radical (unpaired) electrons. The average Bonchev–Trinajstić information content (AvgIpc) is 3.34. The molecule has 1 saturated heterocycles. The van der Waals surface area contributed by atoms with E-state index in [1.54, 1.807) is 10.6 Å². The van der Waals surface area contributed by atoms with E-state index in [4.69, 9.17) is 4.74 Å². The van der Waals surface area contributed by atoms with Gasteiger partial charge in [0.2, 0.25) is 0 Å². The van der Waals surface area contributed by atoms with Crippen LogP contribution in [0.3, 0.4) is 0 Å². The Bertz CT molecular complexity index is 1220. The maximum absolute atomic E-state index is 10.9. The average molecular weight is 491 g/mol. The molecule has 5 nitrogen and oxygen atoms in total. The minimum atomic E-state index is -0.126. The van der Waals surface area contributed by atoms with E-state index in [0.717, 1.165) is 36.1 Å². The predicted molar refractivity (Wildman–Crippen MR) is 147 cm³/mol. The highest BCUT2D eigenvalue weighted by atomic mass is 16.5. The predicted octanol–water partition coefficient (Wildman–Crippen LogP) is 7.03. The first-order chi connectivity index (χ1) is 16.9. The fourth-order valence-corrected chi connectivity index (χ4v) is 6.07. The van der Waals surface area contributed by atoms with Gasteiger partial charge in [-0.3, -0.25) is 9.47 Å². The minimum absolute atomic E-state index is 0.0895. The fraction of sp³-hybridized carbons (Fsp3) is 0.484. The minimum Gasteiger partial charge on any atom is -0.494 e. The lowest BCUT2D eigenvalue weighted by molar-refractivity contribution is 0.0307. The third-order valence-corrected chi connectivity index (χ3v) is 6.96. The Hall–Kier alpha value is -2.76. The third kappa shape index (κ3) is 6.32. The van der Waals surface area contributed by atoms with Crippen molar-refractivity contribution in [2.24, 2.45) is 10.8 Å². The van der Waals surface area contributed by atoms with Crippen molar-refractivity contribution in [3.63, 3.8) is 0 Å². The molecule has 3 aromatic rings. The number of nitrogens with zero attached hydrogens (tertiary/aromatic N) is 2. The van der Waals surface area contributed by atoms with Crippen molar-refractivity contribution in [3.8, 4) is 11.8 Å². The van der Waals surface area contributed by atoms with Crippen molar-refractivity contribution in [3.05, 3.63) is 71.8 Å². The van der Waals surface area contributed by atoms with Crippen LogP contribution in [-0.2, 0) is 17.7 Å². The van der Waals surface area contributed by atoms with Crippen LogP contribution < -0.4 is 0 Å². The van der Waals surface area contributed by atoms with Gasteiger partial charge in [-0.2, -0.15) is 0 Å². The van der Waals surface area contributed by atoms with Crippen molar-refractivity contribution in [2.45, 2.75) is 66.7 Å². The summed E-state index contributed by atoms with van der Waals surface area (Å²) in [4.78, 5) is 2.26. The molecule has 0 bridgehead atoms. The largest absolute Gasteiger partial charge is 0.494 e. The highest BCUT2D eigenvalue weighted by molar-refractivity contribution is 5.83. The summed E-state index contributed by atoms with van der Waals surface area (Å²) in [5, 5.41) is 23.9. The van der Waals surface area contributed by atoms with Crippen molar-refractivity contribution in [1.82, 2.24) is 9.47 Å². The van der Waals surface area contributed by atoms with Gasteiger partial charge in [0.05, 0.1) is 6.61 Å². The van der Waals surface area contributed by atoms with Crippen LogP contribution in [0.15, 0.2) is 60.7 Å². The van der Waals surface area contributed by atoms with E-state index in [-0.39, 0.29) is 28.8 Å². The normalized spacial score (nSPS) is 17.2. The molecule has 1 unspecified atom stereocenters. The Kier molecular flexibility index (Phi) is 7.53. The number of aromatic hydroxyl groups is 2. The molecule has 1 aromatic heterocycles. The molecule has 194 valence electrons. The Morgan fingerprint density at radius 1 is 1.00 bits per heavy atom. The standard InChI is InChI=1S/C31H42N2O3/c1-22(20-31(5,6)21-30(2,3)4)17-26-19-27(34)33(28(26)35)14-13-32-15-16-36-29(32)25-12-11-23-9-7-8-10-24(23)18-25/h7-12,18-19,29,34-35H,1,13-17,20-21H2,2-6H3. The van der Waals surface area contributed by atoms with Crippen molar-refractivity contribution < 1.29 is 14.9 Å². The van der Waals surface area contributed by atoms with Crippen LogP contribution in [0.4, 0.5) is 0 Å². The molecule has 1 aliphatic rings. The zero-order chi connectivity index (χ0) is 26.1. The summed E-state index contributed by atoms with van der Waals surface area (Å²) in [7, 11) is 0. The smallest absolute Gasteiger partial charge is 0.197 e. The van der Waals surface area contributed by atoms with Crippen LogP contribution in [0.25, 0.3) is 10.8 Å². The van der Waals surface area contributed by atoms with E-state index in [0.29, 0.717) is 26.1 Å². The number of benzene rings is 2. The number of aromatic nitrogens is 1. The molecule has 2 aromatic carbocycles. The number of hydrogen-bond donors (Lipinski definition) is 2. The summed E-state index contributed by atoms with van der Waals surface area (Å²) in [5.74, 6) is 0.219. The van der Waals surface area contributed by atoms with Crippen LogP contribution in [0.1, 0.15) is 64.8 Å². The van der Waals surface area contributed by atoms with E-state index in [9.17, 15) is 10.2 Å². The summed E-state index contributed by atoms with van der Waals surface area (Å²) in [6.45, 7) is 18.2. The first-order valence-electron chi connectivity index (χ1n) is 13.0. The molecule has 2 heterocycles. The second-order valence-electron chi connectivity index (χ2n) is 12.4. The van der Waals surface area contributed by atoms with Crippen LogP contribution in [0, 0.1) is 10.8 Å². The lowest BCUT2D eigenvalue weighted by Gasteiger charge is -2.33. The van der Waals surface area contributed by atoms with Gasteiger partial charge in [-0.05, 0) is 52.5 Å². The third-order valence-electron chi connectivity index (χ3n) is 6.96. The number of ether oxygens (including phenoxy) is 1. The first-order valence-corrected chi connectivity index (χ1v) is 13.0. The monoisotopic (exact) mass is 490 g/mol. The second-order valence-corrected chi connectivity index (χ2v) is 12.4. The number of hydrogen-bond acceptors (Lipinski definition) is 4. The number of fused-ring (bicyclic) bond motifs is 1. The fourth-order valence-electron chi connectivity index (χ4n) is 6.07. The molecule has 1 atom stereocenters. The lowest BCUT2D eigenvalue weighted by Crippen LogP contribution is -2.27. The molecule has 1 aliphatic heterocycles. The second kappa shape index (κ2) is 10.3. The summed E-state index contributed by atoms with van der Waals surface area (Å²) in [6.07, 6.45) is 2.41. The zero-order valence-corrected chi connectivity index (χ0v) is 22.6. The summed E-state index contributed by atoms with van der Waals surface area (Å²) >= 11 is 0. The highest BCUT2D eigenvalue weighted by Crippen LogP contribution is 2.39. The molecule has 5 heteroatoms. The Morgan fingerprint density at radius 2 is 1.72 bits per heavy atom. The first kappa shape index (κ1) is 26.3. The maximum atomic E-state index is 10.9. The summed E-state index contributed by atoms with van der Waals surface area (Å²) in [5.41, 5.74) is 3.30. The Morgan fingerprint density at radius 3 is 2.44 bits per heavy atom. The molecular formula is C31H42N2O3. The number of allylic oxidation sites excluding steroid dienone is 1. The summed E-state index contributed by atoms with van der Waals surface area (Å²) < 4.78 is 7.66. The molecule has 36 heavy (non-hydrogen) atoms. The molecule has 2 N–H and O–H groups in total. The van der Waals surface area contributed by atoms with Crippen LogP contribution in [-0.4, -0.2) is 39.4 Å². The van der Waals surface area contributed by atoms with Gasteiger partial charge in [0, 0.05) is 31.3 Å². The van der Waals surface area contributed by atoms with E-state index in [2.05, 4.69) is 82.5 Å². The van der Waals surface area contributed by atoms with Gasteiger partial charge in [0.15, 0.2) is 11.8 Å². The van der Waals surface area contributed by atoms with Crippen LogP contribution in [0.2, 0.25) is 0 Å². The maximum Gasteiger partial charge on any atom is 0.197 e. The molecule has 4 rings (SSSR count). The van der Waals surface area contributed by atoms with Gasteiger partial charge < -0.3 is 14.9 Å². The Labute approximate surface area is 216 Å². The highest BCUT2D eigenvalue weighted by Gasteiger charge is 2.29. The van der Waals surface area contributed by atoms with Gasteiger partial charge in [0.25, 0.3) is 0 Å². The zero-order valence-electron chi connectivity index (χ0n) is 22.6. The summed E-state index contributed by atoms with van der Waals surface area (Å²) in [6, 6.07) is 16.5. The van der Waals surface area contributed by atoms with Crippen molar-refractivity contribution >= 4 is 10.8 Å². The van der Waals surface area contributed by atoms with E-state index < -0.39 is 0 Å². The van der Waals surface area contributed by atoms with E-state index >= 15 is 0 Å². The van der Waals surface area contributed by atoms with Gasteiger partial charge >= 0.3 is 0 Å². The molecule has 0 amide bonds. The Balaban J connectivity index is 1.40. The topological polar surface area (TPSA) is 57.9 Å². The van der Waals surface area contributed by atoms with Gasteiger partial charge in [0.1, 0.15) is 6.23 Å². The van der Waals surface area contributed by atoms with Crippen LogP contribution in [0.5, 0.6) is 11.8 Å². The lowest BCUT2D eigenvalue weighted by atomic mass is 9.73. The van der Waals surface area contributed by atoms with Gasteiger partial charge in [-0.15, -0.1) is 0 Å². The van der Waals surface area contributed by atoms with Gasteiger partial charge in [-0.25, -0.2) is 0 Å². The molecule has 0 aliphatic carbocycles. The molecule has 0 spiro atoms. The van der Waals surface area contributed by atoms with Crippen molar-refractivity contribution in [2.75, 3.05) is 19.7 Å². The molecule has 1 fully saturated rings. The SMILES string of the molecule is C=C(Cc1cc(O)n(CCN2CCOC2c2ccc3ccccc3c2)c1O)CC(C)(C)CC(C)(C)C.